The lowest BCUT2D eigenvalue weighted by Crippen LogP contribution is -2.15. The van der Waals surface area contributed by atoms with Crippen LogP contribution in [-0.4, -0.2) is 26.4 Å². The first-order valence-electron chi connectivity index (χ1n) is 10.8. The van der Waals surface area contributed by atoms with Crippen LogP contribution in [0.15, 0.2) is 71.9 Å². The molecular weight excluding hydrogens is 523 g/mol. The highest BCUT2D eigenvalue weighted by Gasteiger charge is 2.19. The number of benzene rings is 3. The fraction of sp³-hybridized carbons (Fsp3) is 0.192. The first-order valence-corrected chi connectivity index (χ1v) is 12.9. The van der Waals surface area contributed by atoms with Gasteiger partial charge in [0, 0.05) is 16.3 Å². The van der Waals surface area contributed by atoms with Crippen LogP contribution in [0.4, 0.5) is 5.69 Å². The van der Waals surface area contributed by atoms with E-state index in [1.54, 1.807) is 0 Å². The van der Waals surface area contributed by atoms with Crippen LogP contribution in [0, 0.1) is 0 Å². The molecule has 0 bridgehead atoms. The summed E-state index contributed by atoms with van der Waals surface area (Å²) in [6.45, 7) is 6.54. The van der Waals surface area contributed by atoms with Crippen molar-refractivity contribution >= 4 is 58.2 Å². The van der Waals surface area contributed by atoms with E-state index in [0.29, 0.717) is 21.7 Å². The lowest BCUT2D eigenvalue weighted by molar-refractivity contribution is -0.113. The fourth-order valence-electron chi connectivity index (χ4n) is 3.45. The van der Waals surface area contributed by atoms with E-state index in [1.807, 2.05) is 34.9 Å². The number of anilines is 1. The fourth-order valence-corrected chi connectivity index (χ4v) is 5.11. The molecule has 4 rings (SSSR count). The van der Waals surface area contributed by atoms with Crippen LogP contribution in [0.2, 0.25) is 15.1 Å². The third-order valence-corrected chi connectivity index (χ3v) is 7.00. The Balaban J connectivity index is 1.60. The molecule has 0 radical (unpaired) electrons. The van der Waals surface area contributed by atoms with Gasteiger partial charge in [0.1, 0.15) is 0 Å². The zero-order valence-corrected chi connectivity index (χ0v) is 22.4. The molecule has 5 nitrogen and oxygen atoms in total. The van der Waals surface area contributed by atoms with Gasteiger partial charge in [-0.3, -0.25) is 9.36 Å². The Kier molecular flexibility index (Phi) is 7.77. The summed E-state index contributed by atoms with van der Waals surface area (Å²) in [6.07, 6.45) is 0. The molecule has 3 aromatic carbocycles. The average Bonchev–Trinajstić information content (AvgIpc) is 3.24. The molecule has 0 unspecified atom stereocenters. The number of hydrogen-bond donors (Lipinski definition) is 1. The third-order valence-electron chi connectivity index (χ3n) is 5.26. The molecule has 9 heteroatoms. The standard InChI is InChI=1S/C26H23Cl3N4OS/c1-26(2,3)17-11-9-16(10-12-17)24-31-32-25(33(24)19-7-5-4-6-8-19)35-15-22(34)30-23-20(28)13-18(27)14-21(23)29/h4-14H,15H2,1-3H3,(H,30,34). The van der Waals surface area contributed by atoms with Crippen molar-refractivity contribution in [2.75, 3.05) is 11.1 Å². The molecule has 0 saturated carbocycles. The minimum atomic E-state index is -0.278. The second-order valence-corrected chi connectivity index (χ2v) is 11.1. The summed E-state index contributed by atoms with van der Waals surface area (Å²) < 4.78 is 1.95. The molecule has 1 aromatic heterocycles. The molecule has 1 N–H and O–H groups in total. The maximum atomic E-state index is 12.7. The number of hydrogen-bond acceptors (Lipinski definition) is 4. The van der Waals surface area contributed by atoms with Gasteiger partial charge in [-0.05, 0) is 35.2 Å². The predicted octanol–water partition coefficient (Wildman–Crippen LogP) is 7.92. The summed E-state index contributed by atoms with van der Waals surface area (Å²) in [5.74, 6) is 0.506. The Morgan fingerprint density at radius 1 is 0.943 bits per heavy atom. The average molecular weight is 546 g/mol. The van der Waals surface area contributed by atoms with E-state index < -0.39 is 0 Å². The number of nitrogens with one attached hydrogen (secondary N) is 1. The monoisotopic (exact) mass is 544 g/mol. The van der Waals surface area contributed by atoms with Crippen molar-refractivity contribution in [1.82, 2.24) is 14.8 Å². The van der Waals surface area contributed by atoms with Gasteiger partial charge in [-0.2, -0.15) is 0 Å². The van der Waals surface area contributed by atoms with Crippen molar-refractivity contribution in [2.45, 2.75) is 31.3 Å². The van der Waals surface area contributed by atoms with E-state index in [2.05, 4.69) is 60.6 Å². The van der Waals surface area contributed by atoms with Gasteiger partial charge in [0.15, 0.2) is 11.0 Å². The van der Waals surface area contributed by atoms with Gasteiger partial charge in [0.2, 0.25) is 5.91 Å². The number of carbonyl (C=O) groups is 1. The maximum Gasteiger partial charge on any atom is 0.234 e. The molecule has 4 aromatic rings. The number of carbonyl (C=O) groups excluding carboxylic acids is 1. The maximum absolute atomic E-state index is 12.7. The molecule has 0 atom stereocenters. The molecule has 35 heavy (non-hydrogen) atoms. The summed E-state index contributed by atoms with van der Waals surface area (Å²) in [5.41, 5.74) is 3.45. The lowest BCUT2D eigenvalue weighted by atomic mass is 9.87. The zero-order valence-electron chi connectivity index (χ0n) is 19.3. The normalized spacial score (nSPS) is 11.5. The number of amides is 1. The summed E-state index contributed by atoms with van der Waals surface area (Å²) >= 11 is 19.6. The number of para-hydroxylation sites is 1. The van der Waals surface area contributed by atoms with Crippen molar-refractivity contribution in [2.24, 2.45) is 0 Å². The third kappa shape index (κ3) is 6.01. The van der Waals surface area contributed by atoms with Crippen LogP contribution in [0.3, 0.4) is 0 Å². The molecule has 180 valence electrons. The summed E-state index contributed by atoms with van der Waals surface area (Å²) in [5, 5.41) is 13.1. The lowest BCUT2D eigenvalue weighted by Gasteiger charge is -2.19. The highest BCUT2D eigenvalue weighted by atomic mass is 35.5. The van der Waals surface area contributed by atoms with Gasteiger partial charge in [-0.25, -0.2) is 0 Å². The largest absolute Gasteiger partial charge is 0.323 e. The first kappa shape index (κ1) is 25.6. The molecule has 0 aliphatic rings. The highest BCUT2D eigenvalue weighted by Crippen LogP contribution is 2.34. The smallest absolute Gasteiger partial charge is 0.234 e. The van der Waals surface area contributed by atoms with Crippen LogP contribution in [-0.2, 0) is 10.2 Å². The summed E-state index contributed by atoms with van der Waals surface area (Å²) in [6, 6.07) is 21.2. The predicted molar refractivity (Wildman–Crippen MR) is 146 cm³/mol. The van der Waals surface area contributed by atoms with Crippen LogP contribution in [0.5, 0.6) is 0 Å². The minimum Gasteiger partial charge on any atom is -0.323 e. The van der Waals surface area contributed by atoms with Crippen molar-refractivity contribution in [1.29, 1.82) is 0 Å². The second kappa shape index (κ2) is 10.6. The van der Waals surface area contributed by atoms with Gasteiger partial charge in [-0.1, -0.05) is 110 Å². The Hall–Kier alpha value is -2.51. The number of halogens is 3. The highest BCUT2D eigenvalue weighted by molar-refractivity contribution is 7.99. The SMILES string of the molecule is CC(C)(C)c1ccc(-c2nnc(SCC(=O)Nc3c(Cl)cc(Cl)cc3Cl)n2-c2ccccc2)cc1. The molecule has 1 heterocycles. The van der Waals surface area contributed by atoms with Crippen molar-refractivity contribution in [3.63, 3.8) is 0 Å². The number of rotatable bonds is 6. The van der Waals surface area contributed by atoms with Gasteiger partial charge in [0.25, 0.3) is 0 Å². The van der Waals surface area contributed by atoms with Crippen LogP contribution in [0.1, 0.15) is 26.3 Å². The van der Waals surface area contributed by atoms with Crippen LogP contribution in [0.25, 0.3) is 17.1 Å². The Morgan fingerprint density at radius 3 is 2.17 bits per heavy atom. The molecule has 1 amide bonds. The molecule has 0 aliphatic heterocycles. The van der Waals surface area contributed by atoms with E-state index in [0.717, 1.165) is 11.3 Å². The molecule has 0 saturated heterocycles. The number of thioether (sulfide) groups is 1. The van der Waals surface area contributed by atoms with Crippen LogP contribution < -0.4 is 5.32 Å². The number of nitrogens with zero attached hydrogens (tertiary/aromatic N) is 3. The van der Waals surface area contributed by atoms with E-state index in [9.17, 15) is 4.79 Å². The molecule has 0 fully saturated rings. The topological polar surface area (TPSA) is 59.8 Å². The first-order chi connectivity index (χ1) is 16.6. The Labute approximate surface area is 223 Å². The zero-order chi connectivity index (χ0) is 25.2. The summed E-state index contributed by atoms with van der Waals surface area (Å²) in [4.78, 5) is 12.7. The number of aromatic nitrogens is 3. The van der Waals surface area contributed by atoms with E-state index in [1.165, 1.54) is 29.5 Å². The molecule has 0 aliphatic carbocycles. The van der Waals surface area contributed by atoms with Gasteiger partial charge in [-0.15, -0.1) is 10.2 Å². The van der Waals surface area contributed by atoms with Gasteiger partial charge >= 0.3 is 0 Å². The minimum absolute atomic E-state index is 0.0515. The van der Waals surface area contributed by atoms with E-state index in [4.69, 9.17) is 34.8 Å². The second-order valence-electron chi connectivity index (χ2n) is 8.89. The molecular formula is C26H23Cl3N4OS. The van der Waals surface area contributed by atoms with Crippen molar-refractivity contribution in [3.8, 4) is 17.1 Å². The van der Waals surface area contributed by atoms with Crippen LogP contribution >= 0.6 is 46.6 Å². The Morgan fingerprint density at radius 2 is 1.57 bits per heavy atom. The Bertz CT molecular complexity index is 1330. The van der Waals surface area contributed by atoms with Crippen molar-refractivity contribution < 1.29 is 4.79 Å². The van der Waals surface area contributed by atoms with Gasteiger partial charge in [0.05, 0.1) is 21.5 Å². The molecule has 0 spiro atoms. The van der Waals surface area contributed by atoms with Gasteiger partial charge < -0.3 is 5.32 Å². The van der Waals surface area contributed by atoms with E-state index >= 15 is 0 Å². The van der Waals surface area contributed by atoms with E-state index in [-0.39, 0.29) is 27.1 Å². The van der Waals surface area contributed by atoms with Crippen molar-refractivity contribution in [3.05, 3.63) is 87.4 Å². The quantitative estimate of drug-likeness (QED) is 0.250. The summed E-state index contributed by atoms with van der Waals surface area (Å²) in [7, 11) is 0.